The van der Waals surface area contributed by atoms with Crippen LogP contribution in [0, 0.1) is 0 Å². The first kappa shape index (κ1) is 72.4. The van der Waals surface area contributed by atoms with Gasteiger partial charge in [0.2, 0.25) is 0 Å². The molecule has 0 aromatic heterocycles. The van der Waals surface area contributed by atoms with Crippen molar-refractivity contribution < 1.29 is 38.9 Å². The van der Waals surface area contributed by atoms with Crippen LogP contribution in [0.3, 0.4) is 0 Å². The number of hydrogen-bond donors (Lipinski definition) is 0. The number of ether oxygens (including phenoxy) is 2. The number of carboxylic acid groups (broad SMARTS) is 2. The Balaban J connectivity index is -0.00000124. The first-order chi connectivity index (χ1) is 33.2. The van der Waals surface area contributed by atoms with Crippen LogP contribution in [-0.2, 0) is 28.7 Å². The van der Waals surface area contributed by atoms with Gasteiger partial charge in [0.25, 0.3) is 0 Å². The number of carbonyl (C=O) groups is 4. The third-order valence-electron chi connectivity index (χ3n) is 13.6. The monoisotopic (exact) mass is 1000 g/mol. The van der Waals surface area contributed by atoms with Gasteiger partial charge in [-0.05, 0) is 89.9 Å². The van der Waals surface area contributed by atoms with Crippen molar-refractivity contribution in [1.82, 2.24) is 0 Å². The minimum atomic E-state index is -0.973. The maximum absolute atomic E-state index is 12.4. The Morgan fingerprint density at radius 3 is 0.667 bits per heavy atom. The molecule has 69 heavy (non-hydrogen) atoms. The Kier molecular flexibility index (Phi) is 64.5. The number of unbranched alkanes of at least 4 members (excludes halogenated alkanes) is 36. The number of rotatable bonds is 54. The van der Waals surface area contributed by atoms with Crippen molar-refractivity contribution in [2.24, 2.45) is 0 Å². The van der Waals surface area contributed by atoms with Crippen LogP contribution in [0.4, 0.5) is 0 Å². The van der Waals surface area contributed by atoms with Crippen LogP contribution in [0.2, 0.25) is 0 Å². The van der Waals surface area contributed by atoms with Crippen molar-refractivity contribution in [2.45, 2.75) is 361 Å². The van der Waals surface area contributed by atoms with Crippen molar-refractivity contribution in [3.63, 3.8) is 0 Å². The molecule has 0 saturated heterocycles. The molecule has 0 aromatic rings. The number of hydrogen-bond acceptors (Lipinski definition) is 8. The summed E-state index contributed by atoms with van der Waals surface area (Å²) in [6.07, 6.45) is 55.5. The van der Waals surface area contributed by atoms with Gasteiger partial charge >= 0.3 is 49.7 Å². The Hall–Kier alpha value is -0.860. The van der Waals surface area contributed by atoms with Crippen LogP contribution in [-0.4, -0.2) is 73.8 Å². The molecular formula is C60H114CaO8. The van der Waals surface area contributed by atoms with Crippen LogP contribution in [0.5, 0.6) is 0 Å². The van der Waals surface area contributed by atoms with E-state index in [2.05, 4.69) is 27.7 Å². The molecule has 9 heteroatoms. The molecule has 0 N–H and O–H groups in total. The molecule has 0 spiro atoms. The second-order valence-corrected chi connectivity index (χ2v) is 20.6. The molecule has 0 aliphatic rings. The van der Waals surface area contributed by atoms with Gasteiger partial charge in [-0.3, -0.25) is 9.59 Å². The zero-order valence-corrected chi connectivity index (χ0v) is 48.7. The van der Waals surface area contributed by atoms with Crippen LogP contribution >= 0.6 is 0 Å². The van der Waals surface area contributed by atoms with E-state index in [4.69, 9.17) is 9.47 Å². The van der Waals surface area contributed by atoms with Gasteiger partial charge in [0.05, 0.1) is 0 Å². The summed E-state index contributed by atoms with van der Waals surface area (Å²) in [5.41, 5.74) is 0. The van der Waals surface area contributed by atoms with Crippen molar-refractivity contribution in [1.29, 1.82) is 0 Å². The first-order valence-corrected chi connectivity index (χ1v) is 30.0. The zero-order valence-electron chi connectivity index (χ0n) is 46.5. The predicted molar refractivity (Wildman–Crippen MR) is 289 cm³/mol. The number of esters is 2. The quantitative estimate of drug-likeness (QED) is 0.0334. The molecule has 2 atom stereocenters. The molecule has 0 radical (unpaired) electrons. The topological polar surface area (TPSA) is 133 Å². The summed E-state index contributed by atoms with van der Waals surface area (Å²) in [5.74, 6) is -2.03. The second-order valence-electron chi connectivity index (χ2n) is 20.6. The molecule has 0 rings (SSSR count). The van der Waals surface area contributed by atoms with Crippen molar-refractivity contribution in [3.05, 3.63) is 0 Å². The summed E-state index contributed by atoms with van der Waals surface area (Å²) < 4.78 is 11.7. The average Bonchev–Trinajstić information content (AvgIpc) is 3.31. The van der Waals surface area contributed by atoms with Gasteiger partial charge in [-0.2, -0.15) is 0 Å². The van der Waals surface area contributed by atoms with Crippen LogP contribution in [0.25, 0.3) is 0 Å². The van der Waals surface area contributed by atoms with E-state index in [0.29, 0.717) is 25.7 Å². The van der Waals surface area contributed by atoms with E-state index in [9.17, 15) is 29.4 Å². The van der Waals surface area contributed by atoms with E-state index in [0.717, 1.165) is 89.9 Å². The second kappa shape index (κ2) is 61.4. The summed E-state index contributed by atoms with van der Waals surface area (Å²) in [4.78, 5) is 46.0. The fraction of sp³-hybridized carbons (Fsp3) is 0.933. The van der Waals surface area contributed by atoms with Gasteiger partial charge < -0.3 is 29.3 Å². The molecule has 0 saturated carbocycles. The van der Waals surface area contributed by atoms with Crippen LogP contribution in [0.15, 0.2) is 0 Å². The fourth-order valence-electron chi connectivity index (χ4n) is 9.18. The summed E-state index contributed by atoms with van der Waals surface area (Å²) in [7, 11) is 0. The molecule has 0 aliphatic carbocycles. The Bertz CT molecular complexity index is 988. The van der Waals surface area contributed by atoms with E-state index >= 15 is 0 Å². The van der Waals surface area contributed by atoms with Crippen molar-refractivity contribution >= 4 is 61.6 Å². The number of carbonyl (C=O) groups excluding carboxylic acids is 4. The normalized spacial score (nSPS) is 11.9. The minimum absolute atomic E-state index is 0. The van der Waals surface area contributed by atoms with E-state index in [1.807, 2.05) is 0 Å². The third kappa shape index (κ3) is 63.2. The molecule has 0 bridgehead atoms. The largest absolute Gasteiger partial charge is 2.00 e. The van der Waals surface area contributed by atoms with E-state index in [1.165, 1.54) is 193 Å². The number of aliphatic carboxylic acids is 2. The van der Waals surface area contributed by atoms with E-state index in [1.54, 1.807) is 0 Å². The Morgan fingerprint density at radius 1 is 0.275 bits per heavy atom. The molecule has 0 aliphatic heterocycles. The van der Waals surface area contributed by atoms with Gasteiger partial charge in [0.1, 0.15) is 12.2 Å². The Morgan fingerprint density at radius 2 is 0.449 bits per heavy atom. The number of carboxylic acids is 2. The fourth-order valence-corrected chi connectivity index (χ4v) is 9.18. The minimum Gasteiger partial charge on any atom is -0.550 e. The molecule has 0 heterocycles. The molecule has 0 aromatic carbocycles. The summed E-state index contributed by atoms with van der Waals surface area (Å²) in [5, 5.41) is 21.2. The summed E-state index contributed by atoms with van der Waals surface area (Å²) in [6, 6.07) is 0. The van der Waals surface area contributed by atoms with Crippen LogP contribution in [0.1, 0.15) is 349 Å². The van der Waals surface area contributed by atoms with Crippen molar-refractivity contribution in [2.75, 3.05) is 0 Å². The summed E-state index contributed by atoms with van der Waals surface area (Å²) in [6.45, 7) is 9.00. The SMILES string of the molecule is CCCCCCCCCCCC(=O)OC(CCCCCCCCCCC)CCCCCC(=O)[O-].CCCCCCCCCCCC(=O)OC(CCCCCCCCCCC)CCCCCC(=O)[O-].[Ca+2]. The molecule has 8 nitrogen and oxygen atoms in total. The Labute approximate surface area is 458 Å². The molecular weight excluding hydrogens is 889 g/mol. The molecule has 404 valence electrons. The summed E-state index contributed by atoms with van der Waals surface area (Å²) >= 11 is 0. The zero-order chi connectivity index (χ0) is 50.2. The van der Waals surface area contributed by atoms with Gasteiger partial charge in [-0.1, -0.05) is 246 Å². The van der Waals surface area contributed by atoms with Crippen molar-refractivity contribution in [3.8, 4) is 0 Å². The molecule has 2 unspecified atom stereocenters. The van der Waals surface area contributed by atoms with Gasteiger partial charge in [-0.15, -0.1) is 0 Å². The van der Waals surface area contributed by atoms with Gasteiger partial charge in [0, 0.05) is 24.8 Å². The van der Waals surface area contributed by atoms with Crippen LogP contribution < -0.4 is 10.2 Å². The van der Waals surface area contributed by atoms with E-state index < -0.39 is 11.9 Å². The average molecular weight is 1000 g/mol. The van der Waals surface area contributed by atoms with Gasteiger partial charge in [-0.25, -0.2) is 0 Å². The molecule has 0 fully saturated rings. The standard InChI is InChI=1S/2C30H58O4.Ca/c2*1-3-5-7-9-11-13-15-17-20-24-28(25-21-19-22-26-29(31)32)34-30(33)27-23-18-16-14-12-10-8-6-4-2;/h2*28H,3-27H2,1-2H3,(H,31,32);/q;;+2/p-2. The third-order valence-corrected chi connectivity index (χ3v) is 13.6. The smallest absolute Gasteiger partial charge is 0.550 e. The van der Waals surface area contributed by atoms with Gasteiger partial charge in [0.15, 0.2) is 0 Å². The maximum Gasteiger partial charge on any atom is 2.00 e. The predicted octanol–water partition coefficient (Wildman–Crippen LogP) is 16.5. The first-order valence-electron chi connectivity index (χ1n) is 30.0. The molecule has 0 amide bonds. The maximum atomic E-state index is 12.4. The van der Waals surface area contributed by atoms with E-state index in [-0.39, 0.29) is 74.7 Å².